The molecule has 0 bridgehead atoms. The van der Waals surface area contributed by atoms with Gasteiger partial charge in [0, 0.05) is 26.6 Å². The van der Waals surface area contributed by atoms with Gasteiger partial charge in [0.05, 0.1) is 5.69 Å². The number of rotatable bonds is 4. The average molecular weight is 410 g/mol. The summed E-state index contributed by atoms with van der Waals surface area (Å²) < 4.78 is 5.78. The van der Waals surface area contributed by atoms with Crippen LogP contribution in [0, 0.1) is 0 Å². The number of carbonyl (C=O) groups excluding carboxylic acids is 2. The summed E-state index contributed by atoms with van der Waals surface area (Å²) in [5, 5.41) is 4.41. The standard InChI is InChI=1S/C22H13Cl2NO3/c23-15-10-8-13(9-11-15)20(26)21-19(17-6-1-2-7-18(17)28-21)25-22(27)14-4-3-5-16(24)12-14/h1-12H,(H,25,27). The number of hydrogen-bond donors (Lipinski definition) is 1. The Kier molecular flexibility index (Phi) is 4.90. The van der Waals surface area contributed by atoms with E-state index < -0.39 is 0 Å². The Bertz CT molecular complexity index is 1200. The minimum atomic E-state index is -0.390. The predicted molar refractivity (Wildman–Crippen MR) is 111 cm³/mol. The SMILES string of the molecule is O=C(Nc1c(C(=O)c2ccc(Cl)cc2)oc2ccccc12)c1cccc(Cl)c1. The number of hydrogen-bond acceptors (Lipinski definition) is 3. The fraction of sp³-hybridized carbons (Fsp3) is 0. The molecule has 0 aliphatic carbocycles. The lowest BCUT2D eigenvalue weighted by Gasteiger charge is -2.07. The van der Waals surface area contributed by atoms with E-state index in [1.165, 1.54) is 0 Å². The highest BCUT2D eigenvalue weighted by Gasteiger charge is 2.23. The lowest BCUT2D eigenvalue weighted by Crippen LogP contribution is -2.14. The minimum absolute atomic E-state index is 0.0545. The van der Waals surface area contributed by atoms with E-state index in [0.29, 0.717) is 37.8 Å². The first-order valence-corrected chi connectivity index (χ1v) is 9.17. The Morgan fingerprint density at radius 1 is 0.786 bits per heavy atom. The second-order valence-corrected chi connectivity index (χ2v) is 6.98. The number of ketones is 1. The maximum Gasteiger partial charge on any atom is 0.255 e. The number of fused-ring (bicyclic) bond motifs is 1. The second-order valence-electron chi connectivity index (χ2n) is 6.10. The van der Waals surface area contributed by atoms with Crippen molar-refractivity contribution >= 4 is 51.5 Å². The van der Waals surface area contributed by atoms with Crippen molar-refractivity contribution in [2.75, 3.05) is 5.32 Å². The second kappa shape index (κ2) is 7.50. The number of para-hydroxylation sites is 1. The maximum absolute atomic E-state index is 13.0. The first-order valence-electron chi connectivity index (χ1n) is 8.41. The van der Waals surface area contributed by atoms with E-state index >= 15 is 0 Å². The molecule has 28 heavy (non-hydrogen) atoms. The van der Waals surface area contributed by atoms with Gasteiger partial charge in [-0.05, 0) is 54.6 Å². The summed E-state index contributed by atoms with van der Waals surface area (Å²) >= 11 is 11.9. The molecule has 4 aromatic rings. The van der Waals surface area contributed by atoms with Gasteiger partial charge in [-0.15, -0.1) is 0 Å². The topological polar surface area (TPSA) is 59.3 Å². The quantitative estimate of drug-likeness (QED) is 0.406. The minimum Gasteiger partial charge on any atom is -0.450 e. The maximum atomic E-state index is 13.0. The summed E-state index contributed by atoms with van der Waals surface area (Å²) in [6, 6.07) is 20.2. The zero-order chi connectivity index (χ0) is 19.7. The Balaban J connectivity index is 1.78. The van der Waals surface area contributed by atoms with Crippen LogP contribution >= 0.6 is 23.2 Å². The number of nitrogens with one attached hydrogen (secondary N) is 1. The van der Waals surface area contributed by atoms with Crippen molar-refractivity contribution < 1.29 is 14.0 Å². The van der Waals surface area contributed by atoms with Crippen LogP contribution in [0.4, 0.5) is 5.69 Å². The van der Waals surface area contributed by atoms with Crippen LogP contribution in [0.25, 0.3) is 11.0 Å². The highest BCUT2D eigenvalue weighted by atomic mass is 35.5. The van der Waals surface area contributed by atoms with Crippen LogP contribution in [0.1, 0.15) is 26.5 Å². The van der Waals surface area contributed by atoms with Crippen LogP contribution in [0.3, 0.4) is 0 Å². The molecule has 3 aromatic carbocycles. The van der Waals surface area contributed by atoms with Crippen molar-refractivity contribution in [1.82, 2.24) is 0 Å². The molecule has 1 amide bonds. The average Bonchev–Trinajstić information content (AvgIpc) is 3.06. The molecule has 0 saturated carbocycles. The molecule has 138 valence electrons. The van der Waals surface area contributed by atoms with Gasteiger partial charge in [-0.25, -0.2) is 0 Å². The van der Waals surface area contributed by atoms with Gasteiger partial charge in [0.15, 0.2) is 5.76 Å². The largest absolute Gasteiger partial charge is 0.450 e. The number of furan rings is 1. The third-order valence-corrected chi connectivity index (χ3v) is 4.72. The number of halogens is 2. The Hall–Kier alpha value is -3.08. The number of carbonyl (C=O) groups is 2. The van der Waals surface area contributed by atoms with Crippen LogP contribution in [0.15, 0.2) is 77.2 Å². The normalized spacial score (nSPS) is 10.8. The van der Waals surface area contributed by atoms with E-state index in [0.717, 1.165) is 0 Å². The summed E-state index contributed by atoms with van der Waals surface area (Å²) in [4.78, 5) is 25.7. The molecule has 4 nitrogen and oxygen atoms in total. The molecule has 6 heteroatoms. The third kappa shape index (κ3) is 3.52. The zero-order valence-electron chi connectivity index (χ0n) is 14.4. The monoisotopic (exact) mass is 409 g/mol. The van der Waals surface area contributed by atoms with E-state index in [9.17, 15) is 9.59 Å². The van der Waals surface area contributed by atoms with Crippen molar-refractivity contribution in [3.8, 4) is 0 Å². The molecule has 0 atom stereocenters. The van der Waals surface area contributed by atoms with E-state index in [-0.39, 0.29) is 17.5 Å². The number of benzene rings is 3. The molecule has 0 saturated heterocycles. The van der Waals surface area contributed by atoms with Crippen LogP contribution in [0.5, 0.6) is 0 Å². The van der Waals surface area contributed by atoms with Gasteiger partial charge >= 0.3 is 0 Å². The van der Waals surface area contributed by atoms with Crippen molar-refractivity contribution in [3.05, 3.63) is 99.7 Å². The molecule has 0 unspecified atom stereocenters. The Morgan fingerprint density at radius 2 is 1.54 bits per heavy atom. The highest BCUT2D eigenvalue weighted by Crippen LogP contribution is 2.33. The molecule has 1 aromatic heterocycles. The van der Waals surface area contributed by atoms with Crippen LogP contribution in [0.2, 0.25) is 10.0 Å². The van der Waals surface area contributed by atoms with Crippen molar-refractivity contribution in [1.29, 1.82) is 0 Å². The number of anilines is 1. The molecule has 0 aliphatic heterocycles. The fourth-order valence-electron chi connectivity index (χ4n) is 2.88. The van der Waals surface area contributed by atoms with Gasteiger partial charge in [0.1, 0.15) is 5.58 Å². The molecule has 1 heterocycles. The summed E-state index contributed by atoms with van der Waals surface area (Å²) in [5.74, 6) is -0.688. The summed E-state index contributed by atoms with van der Waals surface area (Å²) in [6.07, 6.45) is 0. The van der Waals surface area contributed by atoms with Gasteiger partial charge < -0.3 is 9.73 Å². The van der Waals surface area contributed by atoms with Crippen LogP contribution < -0.4 is 5.32 Å². The molecule has 0 aliphatic rings. The lowest BCUT2D eigenvalue weighted by atomic mass is 10.1. The Labute approximate surface area is 170 Å². The summed E-state index contributed by atoms with van der Waals surface area (Å²) in [5.41, 5.74) is 1.60. The summed E-state index contributed by atoms with van der Waals surface area (Å²) in [6.45, 7) is 0. The van der Waals surface area contributed by atoms with E-state index in [1.54, 1.807) is 66.7 Å². The zero-order valence-corrected chi connectivity index (χ0v) is 15.9. The molecule has 0 spiro atoms. The molecular weight excluding hydrogens is 397 g/mol. The summed E-state index contributed by atoms with van der Waals surface area (Å²) in [7, 11) is 0. The predicted octanol–water partition coefficient (Wildman–Crippen LogP) is 6.22. The van der Waals surface area contributed by atoms with E-state index in [4.69, 9.17) is 27.6 Å². The van der Waals surface area contributed by atoms with Gasteiger partial charge in [-0.3, -0.25) is 9.59 Å². The van der Waals surface area contributed by atoms with Crippen molar-refractivity contribution in [3.63, 3.8) is 0 Å². The van der Waals surface area contributed by atoms with Gasteiger partial charge in [0.2, 0.25) is 5.78 Å². The smallest absolute Gasteiger partial charge is 0.255 e. The Morgan fingerprint density at radius 3 is 2.29 bits per heavy atom. The number of amides is 1. The van der Waals surface area contributed by atoms with E-state index in [2.05, 4.69) is 5.32 Å². The fourth-order valence-corrected chi connectivity index (χ4v) is 3.19. The first-order chi connectivity index (χ1) is 13.5. The molecule has 1 N–H and O–H groups in total. The highest BCUT2D eigenvalue weighted by molar-refractivity contribution is 6.31. The van der Waals surface area contributed by atoms with Crippen molar-refractivity contribution in [2.24, 2.45) is 0 Å². The molecule has 0 radical (unpaired) electrons. The molecule has 4 rings (SSSR count). The molecular formula is C22H13Cl2NO3. The first kappa shape index (κ1) is 18.3. The van der Waals surface area contributed by atoms with Gasteiger partial charge in [0.25, 0.3) is 5.91 Å². The lowest BCUT2D eigenvalue weighted by molar-refractivity contribution is 0.101. The third-order valence-electron chi connectivity index (χ3n) is 4.23. The van der Waals surface area contributed by atoms with Gasteiger partial charge in [-0.1, -0.05) is 41.4 Å². The van der Waals surface area contributed by atoms with E-state index in [1.807, 2.05) is 6.07 Å². The molecule has 0 fully saturated rings. The van der Waals surface area contributed by atoms with Crippen molar-refractivity contribution in [2.45, 2.75) is 0 Å². The van der Waals surface area contributed by atoms with Crippen LogP contribution in [-0.4, -0.2) is 11.7 Å². The van der Waals surface area contributed by atoms with Crippen LogP contribution in [-0.2, 0) is 0 Å². The van der Waals surface area contributed by atoms with Gasteiger partial charge in [-0.2, -0.15) is 0 Å².